The van der Waals surface area contributed by atoms with Gasteiger partial charge in [-0.1, -0.05) is 18.2 Å². The SMILES string of the molecule is COC(=O)c1ccc2c(c1)N(Cc1cccc(F)c1)C(=O)C2(C)C. The lowest BCUT2D eigenvalue weighted by Crippen LogP contribution is -2.35. The van der Waals surface area contributed by atoms with Gasteiger partial charge in [0.15, 0.2) is 0 Å². The second-order valence-electron chi connectivity index (χ2n) is 6.37. The summed E-state index contributed by atoms with van der Waals surface area (Å²) in [4.78, 5) is 26.2. The Morgan fingerprint density at radius 3 is 2.62 bits per heavy atom. The van der Waals surface area contributed by atoms with Crippen LogP contribution in [0.5, 0.6) is 0 Å². The van der Waals surface area contributed by atoms with Crippen LogP contribution in [0.3, 0.4) is 0 Å². The second-order valence-corrected chi connectivity index (χ2v) is 6.37. The zero-order valence-corrected chi connectivity index (χ0v) is 13.8. The molecular formula is C19H18FNO3. The van der Waals surface area contributed by atoms with Gasteiger partial charge in [-0.25, -0.2) is 9.18 Å². The van der Waals surface area contributed by atoms with Crippen molar-refractivity contribution in [1.29, 1.82) is 0 Å². The number of anilines is 1. The zero-order valence-electron chi connectivity index (χ0n) is 13.8. The van der Waals surface area contributed by atoms with E-state index in [1.165, 1.54) is 19.2 Å². The monoisotopic (exact) mass is 327 g/mol. The van der Waals surface area contributed by atoms with Crippen LogP contribution in [-0.2, 0) is 21.5 Å². The smallest absolute Gasteiger partial charge is 0.337 e. The number of nitrogens with zero attached hydrogens (tertiary/aromatic N) is 1. The van der Waals surface area contributed by atoms with Crippen molar-refractivity contribution in [3.63, 3.8) is 0 Å². The number of halogens is 1. The highest BCUT2D eigenvalue weighted by atomic mass is 19.1. The summed E-state index contributed by atoms with van der Waals surface area (Å²) in [5.74, 6) is -0.883. The Hall–Kier alpha value is -2.69. The molecule has 1 heterocycles. The standard InChI is InChI=1S/C19H18FNO3/c1-19(2)15-8-7-13(17(22)24-3)10-16(15)21(18(19)23)11-12-5-4-6-14(20)9-12/h4-10H,11H2,1-3H3. The number of hydrogen-bond donors (Lipinski definition) is 0. The van der Waals surface area contributed by atoms with Crippen molar-refractivity contribution in [2.45, 2.75) is 25.8 Å². The predicted octanol–water partition coefficient (Wildman–Crippen LogP) is 3.44. The Kier molecular flexibility index (Phi) is 3.87. The van der Waals surface area contributed by atoms with Crippen molar-refractivity contribution in [2.75, 3.05) is 12.0 Å². The van der Waals surface area contributed by atoms with Crippen LogP contribution < -0.4 is 4.90 Å². The number of carbonyl (C=O) groups is 2. The molecule has 0 bridgehead atoms. The molecule has 3 rings (SSSR count). The first-order chi connectivity index (χ1) is 11.3. The third-order valence-corrected chi connectivity index (χ3v) is 4.39. The van der Waals surface area contributed by atoms with E-state index in [-0.39, 0.29) is 18.3 Å². The first kappa shape index (κ1) is 16.2. The molecule has 0 saturated carbocycles. The van der Waals surface area contributed by atoms with Crippen molar-refractivity contribution < 1.29 is 18.7 Å². The molecule has 24 heavy (non-hydrogen) atoms. The molecule has 0 N–H and O–H groups in total. The van der Waals surface area contributed by atoms with Gasteiger partial charge in [0.25, 0.3) is 0 Å². The number of benzene rings is 2. The van der Waals surface area contributed by atoms with Crippen molar-refractivity contribution >= 4 is 17.6 Å². The Balaban J connectivity index is 2.05. The van der Waals surface area contributed by atoms with E-state index in [1.807, 2.05) is 13.8 Å². The van der Waals surface area contributed by atoms with Gasteiger partial charge in [-0.2, -0.15) is 0 Å². The summed E-state index contributed by atoms with van der Waals surface area (Å²) in [6.45, 7) is 3.94. The number of ether oxygens (including phenoxy) is 1. The van der Waals surface area contributed by atoms with Gasteiger partial charge >= 0.3 is 5.97 Å². The van der Waals surface area contributed by atoms with Gasteiger partial charge in [-0.15, -0.1) is 0 Å². The fourth-order valence-corrected chi connectivity index (χ4v) is 3.07. The Bertz CT molecular complexity index is 829. The van der Waals surface area contributed by atoms with Gasteiger partial charge in [-0.05, 0) is 49.2 Å². The van der Waals surface area contributed by atoms with Crippen LogP contribution >= 0.6 is 0 Å². The molecule has 1 aliphatic rings. The maximum Gasteiger partial charge on any atom is 0.337 e. The van der Waals surface area contributed by atoms with E-state index in [0.717, 1.165) is 5.56 Å². The molecule has 0 radical (unpaired) electrons. The molecule has 4 nitrogen and oxygen atoms in total. The minimum atomic E-state index is -0.697. The fraction of sp³-hybridized carbons (Fsp3) is 0.263. The molecule has 0 saturated heterocycles. The molecule has 0 fully saturated rings. The van der Waals surface area contributed by atoms with Crippen LogP contribution in [0.4, 0.5) is 10.1 Å². The van der Waals surface area contributed by atoms with Gasteiger partial charge < -0.3 is 9.64 Å². The van der Waals surface area contributed by atoms with E-state index in [1.54, 1.807) is 35.2 Å². The molecule has 2 aromatic carbocycles. The highest BCUT2D eigenvalue weighted by molar-refractivity contribution is 6.08. The number of amides is 1. The van der Waals surface area contributed by atoms with Gasteiger partial charge in [0, 0.05) is 5.69 Å². The minimum absolute atomic E-state index is 0.0798. The summed E-state index contributed by atoms with van der Waals surface area (Å²) >= 11 is 0. The van der Waals surface area contributed by atoms with Crippen LogP contribution in [-0.4, -0.2) is 19.0 Å². The van der Waals surface area contributed by atoms with Crippen molar-refractivity contribution in [1.82, 2.24) is 0 Å². The molecule has 1 amide bonds. The van der Waals surface area contributed by atoms with Crippen LogP contribution in [0.25, 0.3) is 0 Å². The molecule has 2 aromatic rings. The molecule has 0 unspecified atom stereocenters. The molecule has 0 aromatic heterocycles. The Morgan fingerprint density at radius 2 is 1.96 bits per heavy atom. The quantitative estimate of drug-likeness (QED) is 0.811. The third kappa shape index (κ3) is 2.56. The molecule has 0 spiro atoms. The van der Waals surface area contributed by atoms with Gasteiger partial charge in [0.05, 0.1) is 24.6 Å². The first-order valence-corrected chi connectivity index (χ1v) is 7.64. The van der Waals surface area contributed by atoms with Gasteiger partial charge in [-0.3, -0.25) is 4.79 Å². The van der Waals surface area contributed by atoms with Crippen LogP contribution in [0.15, 0.2) is 42.5 Å². The van der Waals surface area contributed by atoms with E-state index >= 15 is 0 Å². The highest BCUT2D eigenvalue weighted by Crippen LogP contribution is 2.42. The number of hydrogen-bond acceptors (Lipinski definition) is 3. The lowest BCUT2D eigenvalue weighted by Gasteiger charge is -2.20. The van der Waals surface area contributed by atoms with Gasteiger partial charge in [0.1, 0.15) is 5.82 Å². The summed E-state index contributed by atoms with van der Waals surface area (Å²) in [5, 5.41) is 0. The highest BCUT2D eigenvalue weighted by Gasteiger charge is 2.44. The number of fused-ring (bicyclic) bond motifs is 1. The fourth-order valence-electron chi connectivity index (χ4n) is 3.07. The predicted molar refractivity (Wildman–Crippen MR) is 88.4 cm³/mol. The van der Waals surface area contributed by atoms with Crippen LogP contribution in [0.2, 0.25) is 0 Å². The van der Waals surface area contributed by atoms with Crippen LogP contribution in [0.1, 0.15) is 35.3 Å². The lowest BCUT2D eigenvalue weighted by atomic mass is 9.86. The summed E-state index contributed by atoms with van der Waals surface area (Å²) in [5.41, 5.74) is 1.88. The van der Waals surface area contributed by atoms with Crippen LogP contribution in [0, 0.1) is 5.82 Å². The largest absolute Gasteiger partial charge is 0.465 e. The van der Waals surface area contributed by atoms with E-state index in [2.05, 4.69) is 0 Å². The summed E-state index contributed by atoms with van der Waals surface area (Å²) in [7, 11) is 1.31. The number of carbonyl (C=O) groups excluding carboxylic acids is 2. The summed E-state index contributed by atoms with van der Waals surface area (Å²) in [6, 6.07) is 11.3. The van der Waals surface area contributed by atoms with Crippen molar-refractivity contribution in [2.24, 2.45) is 0 Å². The lowest BCUT2D eigenvalue weighted by molar-refractivity contribution is -0.122. The van der Waals surface area contributed by atoms with E-state index in [0.29, 0.717) is 16.8 Å². The average Bonchev–Trinajstić information content (AvgIpc) is 2.75. The van der Waals surface area contributed by atoms with Crippen molar-refractivity contribution in [3.8, 4) is 0 Å². The maximum atomic E-state index is 13.4. The zero-order chi connectivity index (χ0) is 17.5. The van der Waals surface area contributed by atoms with E-state index < -0.39 is 11.4 Å². The number of esters is 1. The van der Waals surface area contributed by atoms with E-state index in [9.17, 15) is 14.0 Å². The number of rotatable bonds is 3. The minimum Gasteiger partial charge on any atom is -0.465 e. The normalized spacial score (nSPS) is 15.3. The maximum absolute atomic E-state index is 13.4. The number of methoxy groups -OCH3 is 1. The third-order valence-electron chi connectivity index (χ3n) is 4.39. The summed E-state index contributed by atoms with van der Waals surface area (Å²) in [6.07, 6.45) is 0. The Morgan fingerprint density at radius 1 is 1.21 bits per heavy atom. The molecule has 0 atom stereocenters. The molecule has 124 valence electrons. The average molecular weight is 327 g/mol. The molecule has 0 aliphatic carbocycles. The molecular weight excluding hydrogens is 309 g/mol. The first-order valence-electron chi connectivity index (χ1n) is 7.64. The molecule has 1 aliphatic heterocycles. The van der Waals surface area contributed by atoms with Gasteiger partial charge in [0.2, 0.25) is 5.91 Å². The Labute approximate surface area is 139 Å². The van der Waals surface area contributed by atoms with Crippen molar-refractivity contribution in [3.05, 3.63) is 65.0 Å². The summed E-state index contributed by atoms with van der Waals surface area (Å²) < 4.78 is 18.2. The topological polar surface area (TPSA) is 46.6 Å². The molecule has 5 heteroatoms. The second kappa shape index (κ2) is 5.74. The van der Waals surface area contributed by atoms with E-state index in [4.69, 9.17) is 4.74 Å².